The molecule has 2 heterocycles. The summed E-state index contributed by atoms with van der Waals surface area (Å²) in [5, 5.41) is 0.280. The molecule has 0 fully saturated rings. The second-order valence-corrected chi connectivity index (χ2v) is 4.63. The summed E-state index contributed by atoms with van der Waals surface area (Å²) >= 11 is 3.21. The lowest BCUT2D eigenvalue weighted by Crippen LogP contribution is -2.01. The van der Waals surface area contributed by atoms with Crippen LogP contribution in [0.5, 0.6) is 0 Å². The minimum atomic E-state index is -0.307. The van der Waals surface area contributed by atoms with Gasteiger partial charge in [-0.3, -0.25) is 4.79 Å². The Morgan fingerprint density at radius 1 is 1.57 bits per heavy atom. The summed E-state index contributed by atoms with van der Waals surface area (Å²) in [7, 11) is 0. The van der Waals surface area contributed by atoms with Crippen molar-refractivity contribution in [3.05, 3.63) is 26.6 Å². The average Bonchev–Trinajstić information content (AvgIpc) is 2.61. The van der Waals surface area contributed by atoms with E-state index in [4.69, 9.17) is 10.2 Å². The lowest BCUT2D eigenvalue weighted by molar-refractivity contribution is -0.113. The molecule has 1 amide bonds. The molecule has 72 valence electrons. The summed E-state index contributed by atoms with van der Waals surface area (Å²) in [4.78, 5) is 15.3. The molecule has 0 radical (unpaired) electrons. The number of nitrogens with zero attached hydrogens (tertiary/aromatic N) is 1. The molecule has 1 aromatic heterocycles. The number of furan rings is 1. The zero-order chi connectivity index (χ0) is 10.1. The fraction of sp³-hybridized carbons (Fsp3) is 0. The SMILES string of the molecule is NC1=NC(=O)/C(=C\c2ccc(I)o2)S1. The first-order valence-corrected chi connectivity index (χ1v) is 5.58. The van der Waals surface area contributed by atoms with E-state index in [0.29, 0.717) is 10.7 Å². The van der Waals surface area contributed by atoms with Crippen molar-refractivity contribution in [3.8, 4) is 0 Å². The van der Waals surface area contributed by atoms with Crippen LogP contribution in [0, 0.1) is 3.77 Å². The monoisotopic (exact) mass is 320 g/mol. The molecule has 2 rings (SSSR count). The highest BCUT2D eigenvalue weighted by Gasteiger charge is 2.19. The van der Waals surface area contributed by atoms with Gasteiger partial charge in [-0.1, -0.05) is 0 Å². The summed E-state index contributed by atoms with van der Waals surface area (Å²) in [5.41, 5.74) is 5.39. The van der Waals surface area contributed by atoms with Crippen LogP contribution in [0.25, 0.3) is 6.08 Å². The van der Waals surface area contributed by atoms with Crippen molar-refractivity contribution in [3.63, 3.8) is 0 Å². The smallest absolute Gasteiger partial charge is 0.286 e. The van der Waals surface area contributed by atoms with Crippen LogP contribution in [-0.4, -0.2) is 11.1 Å². The summed E-state index contributed by atoms with van der Waals surface area (Å²) in [6.45, 7) is 0. The molecule has 0 saturated carbocycles. The molecule has 0 aromatic carbocycles. The van der Waals surface area contributed by atoms with E-state index in [1.165, 1.54) is 0 Å². The van der Waals surface area contributed by atoms with Crippen LogP contribution in [0.4, 0.5) is 0 Å². The van der Waals surface area contributed by atoms with Crippen LogP contribution in [0.15, 0.2) is 26.4 Å². The number of amidine groups is 1. The number of hydrogen-bond acceptors (Lipinski definition) is 4. The van der Waals surface area contributed by atoms with Gasteiger partial charge in [-0.2, -0.15) is 4.99 Å². The predicted molar refractivity (Wildman–Crippen MR) is 63.6 cm³/mol. The molecule has 0 saturated heterocycles. The Morgan fingerprint density at radius 3 is 2.86 bits per heavy atom. The standard InChI is InChI=1S/C8H5IN2O2S/c9-6-2-1-4(13-6)3-5-7(12)11-8(10)14-5/h1-3H,(H2,10,11,12)/b5-3+. The average molecular weight is 320 g/mol. The van der Waals surface area contributed by atoms with Crippen molar-refractivity contribution in [2.75, 3.05) is 0 Å². The van der Waals surface area contributed by atoms with Crippen LogP contribution in [-0.2, 0) is 4.79 Å². The summed E-state index contributed by atoms with van der Waals surface area (Å²) in [5.74, 6) is 0.328. The number of carbonyl (C=O) groups excluding carboxylic acids is 1. The predicted octanol–water partition coefficient (Wildman–Crippen LogP) is 1.81. The number of amides is 1. The fourth-order valence-corrected chi connectivity index (χ4v) is 2.06. The van der Waals surface area contributed by atoms with Crippen LogP contribution >= 0.6 is 34.4 Å². The van der Waals surface area contributed by atoms with Crippen LogP contribution in [0.2, 0.25) is 0 Å². The summed E-state index contributed by atoms with van der Waals surface area (Å²) < 4.78 is 6.06. The second-order valence-electron chi connectivity index (χ2n) is 2.51. The molecule has 1 aliphatic heterocycles. The third-order valence-corrected chi connectivity index (χ3v) is 2.90. The highest BCUT2D eigenvalue weighted by atomic mass is 127. The maximum atomic E-state index is 11.2. The molecule has 0 bridgehead atoms. The molecular formula is C8H5IN2O2S. The van der Waals surface area contributed by atoms with E-state index in [-0.39, 0.29) is 11.1 Å². The maximum Gasteiger partial charge on any atom is 0.286 e. The van der Waals surface area contributed by atoms with E-state index in [0.717, 1.165) is 15.5 Å². The molecule has 1 aromatic rings. The van der Waals surface area contributed by atoms with Gasteiger partial charge in [-0.05, 0) is 46.5 Å². The molecule has 6 heteroatoms. The van der Waals surface area contributed by atoms with Gasteiger partial charge >= 0.3 is 0 Å². The van der Waals surface area contributed by atoms with Gasteiger partial charge in [0, 0.05) is 6.08 Å². The normalized spacial score (nSPS) is 19.1. The Kier molecular flexibility index (Phi) is 2.64. The number of halogens is 1. The number of thioether (sulfide) groups is 1. The van der Waals surface area contributed by atoms with Crippen molar-refractivity contribution in [1.82, 2.24) is 0 Å². The Morgan fingerprint density at radius 2 is 2.36 bits per heavy atom. The molecule has 1 aliphatic rings. The Balaban J connectivity index is 2.25. The van der Waals surface area contributed by atoms with E-state index >= 15 is 0 Å². The number of nitrogens with two attached hydrogens (primary N) is 1. The zero-order valence-electron chi connectivity index (χ0n) is 6.86. The van der Waals surface area contributed by atoms with Gasteiger partial charge in [0.25, 0.3) is 5.91 Å². The van der Waals surface area contributed by atoms with E-state index < -0.39 is 0 Å². The fourth-order valence-electron chi connectivity index (χ4n) is 0.961. The first-order chi connectivity index (χ1) is 6.65. The molecular weight excluding hydrogens is 315 g/mol. The Bertz CT molecular complexity index is 450. The summed E-state index contributed by atoms with van der Waals surface area (Å²) in [6.07, 6.45) is 1.64. The lowest BCUT2D eigenvalue weighted by atomic mass is 10.4. The Labute approximate surface area is 97.8 Å². The molecule has 2 N–H and O–H groups in total. The second kappa shape index (κ2) is 3.77. The maximum absolute atomic E-state index is 11.2. The minimum Gasteiger partial charge on any atom is -0.451 e. The van der Waals surface area contributed by atoms with Crippen LogP contribution < -0.4 is 5.73 Å². The molecule has 0 aliphatic carbocycles. The molecule has 0 unspecified atom stereocenters. The van der Waals surface area contributed by atoms with Gasteiger partial charge in [-0.15, -0.1) is 0 Å². The van der Waals surface area contributed by atoms with Crippen molar-refractivity contribution in [2.45, 2.75) is 0 Å². The largest absolute Gasteiger partial charge is 0.451 e. The first-order valence-electron chi connectivity index (χ1n) is 3.68. The number of carbonyl (C=O) groups is 1. The highest BCUT2D eigenvalue weighted by molar-refractivity contribution is 14.1. The van der Waals surface area contributed by atoms with E-state index in [1.54, 1.807) is 12.1 Å². The number of rotatable bonds is 1. The molecule has 0 spiro atoms. The quantitative estimate of drug-likeness (QED) is 0.633. The lowest BCUT2D eigenvalue weighted by Gasteiger charge is -1.89. The van der Waals surface area contributed by atoms with E-state index in [1.807, 2.05) is 6.07 Å². The van der Waals surface area contributed by atoms with Crippen LogP contribution in [0.3, 0.4) is 0 Å². The number of aliphatic imine (C=N–C) groups is 1. The van der Waals surface area contributed by atoms with Crippen molar-refractivity contribution in [2.24, 2.45) is 10.7 Å². The Hall–Kier alpha value is -0.760. The minimum absolute atomic E-state index is 0.280. The molecule has 4 nitrogen and oxygen atoms in total. The third kappa shape index (κ3) is 2.01. The van der Waals surface area contributed by atoms with Gasteiger partial charge in [0.05, 0.1) is 4.91 Å². The van der Waals surface area contributed by atoms with Crippen molar-refractivity contribution in [1.29, 1.82) is 0 Å². The zero-order valence-corrected chi connectivity index (χ0v) is 9.83. The van der Waals surface area contributed by atoms with Crippen LogP contribution in [0.1, 0.15) is 5.76 Å². The highest BCUT2D eigenvalue weighted by Crippen LogP contribution is 2.26. The molecule has 0 atom stereocenters. The third-order valence-electron chi connectivity index (χ3n) is 1.50. The topological polar surface area (TPSA) is 68.6 Å². The van der Waals surface area contributed by atoms with Gasteiger partial charge in [0.15, 0.2) is 8.93 Å². The van der Waals surface area contributed by atoms with Crippen molar-refractivity contribution < 1.29 is 9.21 Å². The number of hydrogen-bond donors (Lipinski definition) is 1. The van der Waals surface area contributed by atoms with Crippen molar-refractivity contribution >= 4 is 51.5 Å². The van der Waals surface area contributed by atoms with E-state index in [2.05, 4.69) is 27.6 Å². The summed E-state index contributed by atoms with van der Waals surface area (Å²) in [6, 6.07) is 3.61. The van der Waals surface area contributed by atoms with Gasteiger partial charge in [0.1, 0.15) is 5.76 Å². The van der Waals surface area contributed by atoms with Gasteiger partial charge in [0.2, 0.25) is 0 Å². The van der Waals surface area contributed by atoms with Gasteiger partial charge in [-0.25, -0.2) is 0 Å². The molecule has 14 heavy (non-hydrogen) atoms. The first kappa shape index (κ1) is 9.78. The van der Waals surface area contributed by atoms with E-state index in [9.17, 15) is 4.79 Å². The van der Waals surface area contributed by atoms with Gasteiger partial charge < -0.3 is 10.2 Å².